The Morgan fingerprint density at radius 1 is 1.00 bits per heavy atom. The summed E-state index contributed by atoms with van der Waals surface area (Å²) < 4.78 is 4.31. The lowest BCUT2D eigenvalue weighted by atomic mass is 10.2. The Hall–Kier alpha value is -1.79. The molecule has 0 aliphatic carbocycles. The van der Waals surface area contributed by atoms with Crippen LogP contribution in [0.25, 0.3) is 0 Å². The summed E-state index contributed by atoms with van der Waals surface area (Å²) in [5, 5.41) is 11.1. The SMILES string of the molecule is CC.CC.CC.CCC.CCCN(C(=O)CNC(=O)OC)C(C)C(=O)O. The molecule has 0 spiro atoms. The number of carboxylic acids is 1. The van der Waals surface area contributed by atoms with Crippen LogP contribution in [0.4, 0.5) is 4.79 Å². The average molecular weight is 381 g/mol. The van der Waals surface area contributed by atoms with Crippen LogP contribution in [0.2, 0.25) is 0 Å². The third kappa shape index (κ3) is 24.5. The van der Waals surface area contributed by atoms with Gasteiger partial charge in [0.05, 0.1) is 7.11 Å². The van der Waals surface area contributed by atoms with Crippen LogP contribution in [0, 0.1) is 0 Å². The monoisotopic (exact) mass is 380 g/mol. The van der Waals surface area contributed by atoms with Crippen LogP contribution in [0.5, 0.6) is 0 Å². The number of carbonyl (C=O) groups excluding carboxylic acids is 2. The number of nitrogens with one attached hydrogen (secondary N) is 1. The van der Waals surface area contributed by atoms with Gasteiger partial charge in [0.2, 0.25) is 5.91 Å². The lowest BCUT2D eigenvalue weighted by molar-refractivity contribution is -0.149. The van der Waals surface area contributed by atoms with Gasteiger partial charge in [0.25, 0.3) is 0 Å². The van der Waals surface area contributed by atoms with E-state index >= 15 is 0 Å². The third-order valence-corrected chi connectivity index (χ3v) is 2.18. The maximum Gasteiger partial charge on any atom is 0.407 e. The van der Waals surface area contributed by atoms with Crippen molar-refractivity contribution in [3.05, 3.63) is 0 Å². The molecule has 26 heavy (non-hydrogen) atoms. The molecule has 0 aromatic carbocycles. The molecule has 0 radical (unpaired) electrons. The summed E-state index contributed by atoms with van der Waals surface area (Å²) >= 11 is 0. The number of amides is 2. The number of ether oxygens (including phenoxy) is 1. The number of alkyl carbamates (subject to hydrolysis) is 1. The van der Waals surface area contributed by atoms with Gasteiger partial charge in [-0.2, -0.15) is 0 Å². The minimum absolute atomic E-state index is 0.274. The molecule has 0 rings (SSSR count). The van der Waals surface area contributed by atoms with Gasteiger partial charge in [0, 0.05) is 6.54 Å². The second kappa shape index (κ2) is 31.0. The molecule has 0 aromatic heterocycles. The molecule has 0 fully saturated rings. The van der Waals surface area contributed by atoms with Gasteiger partial charge < -0.3 is 20.1 Å². The summed E-state index contributed by atoms with van der Waals surface area (Å²) in [6.45, 7) is 19.6. The molecule has 2 amide bonds. The number of methoxy groups -OCH3 is 1. The highest BCUT2D eigenvalue weighted by atomic mass is 16.5. The molecule has 160 valence electrons. The number of hydrogen-bond acceptors (Lipinski definition) is 4. The zero-order valence-corrected chi connectivity index (χ0v) is 18.9. The van der Waals surface area contributed by atoms with Crippen LogP contribution in [0.15, 0.2) is 0 Å². The van der Waals surface area contributed by atoms with Gasteiger partial charge in [0.15, 0.2) is 0 Å². The van der Waals surface area contributed by atoms with Crippen molar-refractivity contribution in [2.24, 2.45) is 0 Å². The Balaban J connectivity index is -0.000000139. The van der Waals surface area contributed by atoms with Crippen LogP contribution in [0.3, 0.4) is 0 Å². The summed E-state index contributed by atoms with van der Waals surface area (Å²) in [5.41, 5.74) is 0. The Morgan fingerprint density at radius 2 is 1.38 bits per heavy atom. The summed E-state index contributed by atoms with van der Waals surface area (Å²) in [6, 6.07) is -0.915. The van der Waals surface area contributed by atoms with Gasteiger partial charge in [-0.15, -0.1) is 0 Å². The number of aliphatic carboxylic acids is 1. The minimum atomic E-state index is -1.08. The van der Waals surface area contributed by atoms with Crippen molar-refractivity contribution in [2.45, 2.75) is 88.1 Å². The molecule has 0 aromatic rings. The fourth-order valence-corrected chi connectivity index (χ4v) is 1.23. The zero-order chi connectivity index (χ0) is 22.1. The van der Waals surface area contributed by atoms with Crippen LogP contribution in [0.1, 0.15) is 82.1 Å². The first-order valence-electron chi connectivity index (χ1n) is 9.69. The van der Waals surface area contributed by atoms with E-state index in [1.165, 1.54) is 25.4 Å². The molecule has 0 heterocycles. The normalized spacial score (nSPS) is 8.88. The molecular weight excluding hydrogens is 336 g/mol. The first kappa shape index (κ1) is 35.3. The quantitative estimate of drug-likeness (QED) is 0.705. The van der Waals surface area contributed by atoms with Crippen molar-refractivity contribution < 1.29 is 24.2 Å². The molecule has 0 bridgehead atoms. The van der Waals surface area contributed by atoms with E-state index in [1.54, 1.807) is 0 Å². The van der Waals surface area contributed by atoms with E-state index in [4.69, 9.17) is 5.11 Å². The highest BCUT2D eigenvalue weighted by Gasteiger charge is 2.24. The first-order chi connectivity index (χ1) is 12.3. The lowest BCUT2D eigenvalue weighted by Gasteiger charge is -2.26. The van der Waals surface area contributed by atoms with Crippen LogP contribution < -0.4 is 5.32 Å². The van der Waals surface area contributed by atoms with Gasteiger partial charge in [-0.3, -0.25) is 4.79 Å². The summed E-state index contributed by atoms with van der Waals surface area (Å²) in [7, 11) is 1.18. The molecule has 1 unspecified atom stereocenters. The maximum absolute atomic E-state index is 11.7. The van der Waals surface area contributed by atoms with E-state index in [2.05, 4.69) is 23.9 Å². The van der Waals surface area contributed by atoms with Crippen molar-refractivity contribution >= 4 is 18.0 Å². The van der Waals surface area contributed by atoms with E-state index in [9.17, 15) is 14.4 Å². The standard InChI is InChI=1S/C10H18N2O5.C3H8.3C2H6/c1-4-5-12(7(2)9(14)15)8(13)6-11-10(16)17-3;1-3-2;3*1-2/h7H,4-6H2,1-3H3,(H,11,16)(H,14,15);3H2,1-2H3;3*1-2H3. The minimum Gasteiger partial charge on any atom is -0.480 e. The number of rotatable bonds is 6. The predicted octanol–water partition coefficient (Wildman–Crippen LogP) is 4.55. The fraction of sp³-hybridized carbons (Fsp3) is 0.842. The van der Waals surface area contributed by atoms with Crippen LogP contribution in [-0.2, 0) is 14.3 Å². The smallest absolute Gasteiger partial charge is 0.407 e. The molecule has 0 aliphatic rings. The molecule has 0 saturated carbocycles. The van der Waals surface area contributed by atoms with Gasteiger partial charge >= 0.3 is 12.1 Å². The highest BCUT2D eigenvalue weighted by Crippen LogP contribution is 2.01. The van der Waals surface area contributed by atoms with Crippen LogP contribution in [-0.4, -0.2) is 54.2 Å². The Morgan fingerprint density at radius 3 is 1.65 bits per heavy atom. The first-order valence-corrected chi connectivity index (χ1v) is 9.69. The zero-order valence-electron chi connectivity index (χ0n) is 18.9. The van der Waals surface area contributed by atoms with E-state index in [1.807, 2.05) is 48.5 Å². The second-order valence-corrected chi connectivity index (χ2v) is 4.15. The number of nitrogens with zero attached hydrogens (tertiary/aromatic N) is 1. The average Bonchev–Trinajstić information content (AvgIpc) is 2.68. The van der Waals surface area contributed by atoms with Crippen molar-refractivity contribution in [1.82, 2.24) is 10.2 Å². The molecule has 7 heteroatoms. The topological polar surface area (TPSA) is 95.9 Å². The van der Waals surface area contributed by atoms with E-state index in [0.29, 0.717) is 13.0 Å². The Labute approximate surface area is 161 Å². The Kier molecular flexibility index (Phi) is 42.2. The van der Waals surface area contributed by atoms with E-state index in [-0.39, 0.29) is 6.54 Å². The second-order valence-electron chi connectivity index (χ2n) is 4.15. The van der Waals surface area contributed by atoms with Gasteiger partial charge in [-0.1, -0.05) is 68.7 Å². The molecule has 2 N–H and O–H groups in total. The van der Waals surface area contributed by atoms with Crippen molar-refractivity contribution in [2.75, 3.05) is 20.2 Å². The lowest BCUT2D eigenvalue weighted by Crippen LogP contribution is -2.47. The Bertz CT molecular complexity index is 310. The van der Waals surface area contributed by atoms with Crippen molar-refractivity contribution in [1.29, 1.82) is 0 Å². The van der Waals surface area contributed by atoms with Gasteiger partial charge in [-0.25, -0.2) is 9.59 Å². The number of carbonyl (C=O) groups is 3. The molecule has 0 aliphatic heterocycles. The largest absolute Gasteiger partial charge is 0.480 e. The summed E-state index contributed by atoms with van der Waals surface area (Å²) in [4.78, 5) is 34.5. The van der Waals surface area contributed by atoms with Crippen LogP contribution >= 0.6 is 0 Å². The number of hydrogen-bond donors (Lipinski definition) is 2. The number of carboxylic acid groups (broad SMARTS) is 1. The molecule has 7 nitrogen and oxygen atoms in total. The summed E-state index contributed by atoms with van der Waals surface area (Å²) in [6.07, 6.45) is 1.17. The highest BCUT2D eigenvalue weighted by molar-refractivity contribution is 5.86. The fourth-order valence-electron chi connectivity index (χ4n) is 1.23. The van der Waals surface area contributed by atoms with E-state index < -0.39 is 24.0 Å². The summed E-state index contributed by atoms with van der Waals surface area (Å²) in [5.74, 6) is -1.53. The molecule has 0 saturated heterocycles. The molecular formula is C19H44N2O5. The van der Waals surface area contributed by atoms with Gasteiger partial charge in [0.1, 0.15) is 12.6 Å². The molecule has 1 atom stereocenters. The van der Waals surface area contributed by atoms with Crippen molar-refractivity contribution in [3.63, 3.8) is 0 Å². The van der Waals surface area contributed by atoms with E-state index in [0.717, 1.165) is 0 Å². The van der Waals surface area contributed by atoms with Crippen molar-refractivity contribution in [3.8, 4) is 0 Å². The maximum atomic E-state index is 11.7. The predicted molar refractivity (Wildman–Crippen MR) is 110 cm³/mol. The van der Waals surface area contributed by atoms with Gasteiger partial charge in [-0.05, 0) is 13.3 Å². The third-order valence-electron chi connectivity index (χ3n) is 2.18.